The Morgan fingerprint density at radius 2 is 1.75 bits per heavy atom. The summed E-state index contributed by atoms with van der Waals surface area (Å²) < 4.78 is 27.2. The Labute approximate surface area is 222 Å². The first-order chi connectivity index (χ1) is 17.2. The van der Waals surface area contributed by atoms with E-state index in [4.69, 9.17) is 5.73 Å². The van der Waals surface area contributed by atoms with Gasteiger partial charge in [-0.05, 0) is 67.2 Å². The van der Waals surface area contributed by atoms with E-state index in [9.17, 15) is 13.6 Å². The van der Waals surface area contributed by atoms with E-state index in [0.717, 1.165) is 50.7 Å². The number of benzene rings is 2. The summed E-state index contributed by atoms with van der Waals surface area (Å²) in [6, 6.07) is 10.1. The molecular formula is C29H41F2N2OPS. The summed E-state index contributed by atoms with van der Waals surface area (Å²) in [6.07, 6.45) is 8.14. The van der Waals surface area contributed by atoms with Gasteiger partial charge in [-0.2, -0.15) is 0 Å². The van der Waals surface area contributed by atoms with Gasteiger partial charge in [0.2, 0.25) is 5.91 Å². The molecule has 0 fully saturated rings. The van der Waals surface area contributed by atoms with E-state index in [1.807, 2.05) is 12.1 Å². The number of halogens is 2. The normalized spacial score (nSPS) is 13.1. The number of carbonyl (C=O) groups excluding carboxylic acids is 1. The standard InChI is InChI=1S/C29H41F2N2OPS/c1-5-8-13-27(36-26-12-10-9-11-20(26)4)29(14-6-2,15-7-3)33-28(34)18-22(32)16-21-17-23(30)24(31)19-25(21)35/h9-13,17,19,22H,5-8,14-16,18,32,35H2,1-4H3,(H,33,34)/b27-13+. The molecule has 0 saturated carbocycles. The van der Waals surface area contributed by atoms with Crippen LogP contribution in [0.3, 0.4) is 0 Å². The second kappa shape index (κ2) is 14.9. The summed E-state index contributed by atoms with van der Waals surface area (Å²) >= 11 is 1.75. The summed E-state index contributed by atoms with van der Waals surface area (Å²) in [6.45, 7) is 8.55. The summed E-state index contributed by atoms with van der Waals surface area (Å²) in [4.78, 5) is 15.7. The topological polar surface area (TPSA) is 55.1 Å². The second-order valence-electron chi connectivity index (χ2n) is 9.49. The molecule has 0 aliphatic carbocycles. The molecule has 2 unspecified atom stereocenters. The number of aryl methyl sites for hydroxylation is 1. The predicted molar refractivity (Wildman–Crippen MR) is 153 cm³/mol. The number of thioether (sulfide) groups is 1. The molecule has 0 bridgehead atoms. The van der Waals surface area contributed by atoms with E-state index in [2.05, 4.69) is 60.5 Å². The highest BCUT2D eigenvalue weighted by atomic mass is 32.2. The second-order valence-corrected chi connectivity index (χ2v) is 11.2. The van der Waals surface area contributed by atoms with Gasteiger partial charge in [0.1, 0.15) is 0 Å². The Bertz CT molecular complexity index is 1040. The van der Waals surface area contributed by atoms with Crippen LogP contribution in [0, 0.1) is 18.6 Å². The van der Waals surface area contributed by atoms with Crippen molar-refractivity contribution in [3.63, 3.8) is 0 Å². The van der Waals surface area contributed by atoms with Crippen molar-refractivity contribution in [2.24, 2.45) is 5.73 Å². The molecule has 2 aromatic rings. The summed E-state index contributed by atoms with van der Waals surface area (Å²) in [5.41, 5.74) is 7.65. The van der Waals surface area contributed by atoms with Gasteiger partial charge >= 0.3 is 0 Å². The highest BCUT2D eigenvalue weighted by Gasteiger charge is 2.35. The predicted octanol–water partition coefficient (Wildman–Crippen LogP) is 6.97. The molecule has 0 aliphatic rings. The molecule has 36 heavy (non-hydrogen) atoms. The van der Waals surface area contributed by atoms with Crippen molar-refractivity contribution >= 4 is 32.2 Å². The monoisotopic (exact) mass is 534 g/mol. The minimum absolute atomic E-state index is 0.106. The number of unbranched alkanes of at least 4 members (excludes halogenated alkanes) is 1. The van der Waals surface area contributed by atoms with Crippen molar-refractivity contribution in [1.29, 1.82) is 0 Å². The zero-order valence-electron chi connectivity index (χ0n) is 22.0. The van der Waals surface area contributed by atoms with Crippen molar-refractivity contribution in [2.75, 3.05) is 0 Å². The first-order valence-electron chi connectivity index (χ1n) is 12.9. The lowest BCUT2D eigenvalue weighted by Crippen LogP contribution is -2.50. The molecule has 2 atom stereocenters. The maximum absolute atomic E-state index is 13.7. The zero-order valence-corrected chi connectivity index (χ0v) is 24.0. The molecule has 198 valence electrons. The van der Waals surface area contributed by atoms with Crippen LogP contribution in [0.1, 0.15) is 76.8 Å². The summed E-state index contributed by atoms with van der Waals surface area (Å²) in [7, 11) is 2.41. The van der Waals surface area contributed by atoms with Gasteiger partial charge in [0, 0.05) is 22.3 Å². The zero-order chi connectivity index (χ0) is 26.7. The van der Waals surface area contributed by atoms with E-state index in [1.54, 1.807) is 11.8 Å². The van der Waals surface area contributed by atoms with Crippen molar-refractivity contribution in [2.45, 2.75) is 95.5 Å². The highest BCUT2D eigenvalue weighted by Crippen LogP contribution is 2.41. The molecule has 0 aliphatic heterocycles. The molecule has 3 N–H and O–H groups in total. The first kappa shape index (κ1) is 30.5. The van der Waals surface area contributed by atoms with E-state index in [-0.39, 0.29) is 18.7 Å². The van der Waals surface area contributed by atoms with Gasteiger partial charge in [0.25, 0.3) is 0 Å². The van der Waals surface area contributed by atoms with Crippen LogP contribution in [-0.2, 0) is 11.2 Å². The maximum atomic E-state index is 13.7. The van der Waals surface area contributed by atoms with E-state index in [0.29, 0.717) is 10.9 Å². The molecule has 7 heteroatoms. The van der Waals surface area contributed by atoms with Gasteiger partial charge in [0.15, 0.2) is 11.6 Å². The fourth-order valence-electron chi connectivity index (χ4n) is 4.50. The van der Waals surface area contributed by atoms with Gasteiger partial charge < -0.3 is 11.1 Å². The van der Waals surface area contributed by atoms with Gasteiger partial charge in [-0.15, -0.1) is 9.24 Å². The molecule has 2 rings (SSSR count). The van der Waals surface area contributed by atoms with E-state index < -0.39 is 23.2 Å². The van der Waals surface area contributed by atoms with Crippen LogP contribution in [0.25, 0.3) is 0 Å². The minimum atomic E-state index is -0.906. The van der Waals surface area contributed by atoms with Crippen LogP contribution in [0.4, 0.5) is 8.78 Å². The number of nitrogens with two attached hydrogens (primary N) is 1. The average Bonchev–Trinajstić information content (AvgIpc) is 2.81. The average molecular weight is 535 g/mol. The molecule has 1 amide bonds. The lowest BCUT2D eigenvalue weighted by atomic mass is 9.86. The van der Waals surface area contributed by atoms with Crippen molar-refractivity contribution in [3.05, 3.63) is 70.1 Å². The SMILES string of the molecule is CCC/C=C(/Sc1ccccc1C)C(CCC)(CCC)NC(=O)CC(N)Cc1cc(F)c(F)cc1P. The van der Waals surface area contributed by atoms with Crippen LogP contribution in [-0.4, -0.2) is 17.5 Å². The molecule has 0 radical (unpaired) electrons. The van der Waals surface area contributed by atoms with Crippen molar-refractivity contribution < 1.29 is 13.6 Å². The third kappa shape index (κ3) is 8.68. The summed E-state index contributed by atoms with van der Waals surface area (Å²) in [5.74, 6) is -1.92. The molecule has 2 aromatic carbocycles. The Balaban J connectivity index is 2.29. The van der Waals surface area contributed by atoms with Crippen LogP contribution in [0.15, 0.2) is 52.3 Å². The molecule has 0 heterocycles. The van der Waals surface area contributed by atoms with Crippen molar-refractivity contribution in [1.82, 2.24) is 5.32 Å². The number of hydrogen-bond donors (Lipinski definition) is 2. The van der Waals surface area contributed by atoms with Gasteiger partial charge in [-0.1, -0.05) is 76.1 Å². The highest BCUT2D eigenvalue weighted by molar-refractivity contribution is 8.03. The Kier molecular flexibility index (Phi) is 12.6. The lowest BCUT2D eigenvalue weighted by Gasteiger charge is -2.37. The van der Waals surface area contributed by atoms with Crippen LogP contribution in [0.2, 0.25) is 0 Å². The maximum Gasteiger partial charge on any atom is 0.222 e. The fourth-order valence-corrected chi connectivity index (χ4v) is 6.11. The van der Waals surface area contributed by atoms with Crippen molar-refractivity contribution in [3.8, 4) is 0 Å². The summed E-state index contributed by atoms with van der Waals surface area (Å²) in [5, 5.41) is 3.94. The van der Waals surface area contributed by atoms with Crippen LogP contribution in [0.5, 0.6) is 0 Å². The van der Waals surface area contributed by atoms with E-state index >= 15 is 0 Å². The van der Waals surface area contributed by atoms with Crippen LogP contribution >= 0.6 is 21.0 Å². The largest absolute Gasteiger partial charge is 0.346 e. The molecule has 0 saturated heterocycles. The molecule has 0 spiro atoms. The number of nitrogens with one attached hydrogen (secondary N) is 1. The number of amides is 1. The number of hydrogen-bond acceptors (Lipinski definition) is 3. The lowest BCUT2D eigenvalue weighted by molar-refractivity contribution is -0.123. The van der Waals surface area contributed by atoms with E-state index in [1.165, 1.54) is 15.4 Å². The van der Waals surface area contributed by atoms with Crippen LogP contribution < -0.4 is 16.4 Å². The van der Waals surface area contributed by atoms with Gasteiger partial charge in [0.05, 0.1) is 5.54 Å². The quantitative estimate of drug-likeness (QED) is 0.203. The third-order valence-electron chi connectivity index (χ3n) is 6.25. The third-order valence-corrected chi connectivity index (χ3v) is 8.24. The molecular weight excluding hydrogens is 493 g/mol. The Morgan fingerprint density at radius 1 is 1.11 bits per heavy atom. The Morgan fingerprint density at radius 3 is 2.36 bits per heavy atom. The Hall–Kier alpha value is -1.75. The molecule has 3 nitrogen and oxygen atoms in total. The fraction of sp³-hybridized carbons (Fsp3) is 0.483. The van der Waals surface area contributed by atoms with Gasteiger partial charge in [-0.3, -0.25) is 4.79 Å². The number of rotatable bonds is 14. The smallest absolute Gasteiger partial charge is 0.222 e. The number of carbonyl (C=O) groups is 1. The van der Waals surface area contributed by atoms with Gasteiger partial charge in [-0.25, -0.2) is 8.78 Å². The number of allylic oxidation sites excluding steroid dienone is 1. The minimum Gasteiger partial charge on any atom is -0.346 e. The molecule has 0 aromatic heterocycles. The first-order valence-corrected chi connectivity index (χ1v) is 14.3.